The van der Waals surface area contributed by atoms with Crippen molar-refractivity contribution in [2.75, 3.05) is 11.5 Å². The summed E-state index contributed by atoms with van der Waals surface area (Å²) in [6.45, 7) is 2.63. The molecule has 4 rings (SSSR count). The van der Waals surface area contributed by atoms with Crippen LogP contribution in [0.5, 0.6) is 5.75 Å². The molecule has 6 nitrogen and oxygen atoms in total. The van der Waals surface area contributed by atoms with Gasteiger partial charge in [0.1, 0.15) is 11.8 Å². The van der Waals surface area contributed by atoms with E-state index < -0.39 is 6.04 Å². The monoisotopic (exact) mass is 468 g/mol. The van der Waals surface area contributed by atoms with Crippen LogP contribution in [0.1, 0.15) is 51.0 Å². The van der Waals surface area contributed by atoms with Crippen LogP contribution in [0, 0.1) is 5.92 Å². The van der Waals surface area contributed by atoms with Gasteiger partial charge in [-0.1, -0.05) is 49.1 Å². The molecule has 2 fully saturated rings. The number of nitrogens with zero attached hydrogens (tertiary/aromatic N) is 2. The Labute approximate surface area is 199 Å². The summed E-state index contributed by atoms with van der Waals surface area (Å²) in [6.07, 6.45) is 4.73. The largest absolute Gasteiger partial charge is 0.494 e. The van der Waals surface area contributed by atoms with Gasteiger partial charge in [0.2, 0.25) is 11.8 Å². The summed E-state index contributed by atoms with van der Waals surface area (Å²) in [5, 5.41) is 0.541. The first-order valence-corrected chi connectivity index (χ1v) is 12.0. The number of imide groups is 1. The standard InChI is InChI=1S/C26H29ClN2O4/c1-2-33-21-14-12-20(13-15-21)29-24(30)16-23(26(29)32)28(17-19-10-6-7-11-22(19)27)25(31)18-8-4-3-5-9-18/h6-7,10-15,18,23H,2-5,8-9,16-17H2,1H3. The zero-order valence-electron chi connectivity index (χ0n) is 18.8. The molecule has 3 amide bonds. The first-order valence-electron chi connectivity index (χ1n) is 11.6. The average molecular weight is 469 g/mol. The Morgan fingerprint density at radius 2 is 1.76 bits per heavy atom. The van der Waals surface area contributed by atoms with Crippen molar-refractivity contribution >= 4 is 35.0 Å². The maximum absolute atomic E-state index is 13.6. The van der Waals surface area contributed by atoms with Crippen LogP contribution in [0.2, 0.25) is 5.02 Å². The molecule has 0 aromatic heterocycles. The van der Waals surface area contributed by atoms with Gasteiger partial charge in [0.15, 0.2) is 0 Å². The number of ether oxygens (including phenoxy) is 1. The van der Waals surface area contributed by atoms with Gasteiger partial charge in [0, 0.05) is 17.5 Å². The Morgan fingerprint density at radius 3 is 2.42 bits per heavy atom. The van der Waals surface area contributed by atoms with Gasteiger partial charge in [-0.3, -0.25) is 14.4 Å². The van der Waals surface area contributed by atoms with Gasteiger partial charge in [-0.2, -0.15) is 0 Å². The lowest BCUT2D eigenvalue weighted by Gasteiger charge is -2.33. The molecule has 0 radical (unpaired) electrons. The van der Waals surface area contributed by atoms with E-state index in [0.717, 1.165) is 37.7 Å². The molecule has 2 aromatic rings. The molecule has 2 aromatic carbocycles. The smallest absolute Gasteiger partial charge is 0.257 e. The third-order valence-corrected chi connectivity index (χ3v) is 6.81. The molecule has 1 saturated carbocycles. The van der Waals surface area contributed by atoms with Crippen LogP contribution in [0.15, 0.2) is 48.5 Å². The molecule has 7 heteroatoms. The fourth-order valence-electron chi connectivity index (χ4n) is 4.72. The Balaban J connectivity index is 1.61. The van der Waals surface area contributed by atoms with Crippen LogP contribution in [-0.4, -0.2) is 35.3 Å². The van der Waals surface area contributed by atoms with Crippen molar-refractivity contribution in [2.24, 2.45) is 5.92 Å². The Kier molecular flexibility index (Phi) is 7.33. The van der Waals surface area contributed by atoms with Crippen LogP contribution < -0.4 is 9.64 Å². The number of anilines is 1. The predicted molar refractivity (Wildman–Crippen MR) is 127 cm³/mol. The average Bonchev–Trinajstić information content (AvgIpc) is 3.13. The molecule has 1 saturated heterocycles. The zero-order valence-corrected chi connectivity index (χ0v) is 19.6. The third kappa shape index (κ3) is 5.06. The lowest BCUT2D eigenvalue weighted by atomic mass is 9.87. The Hall–Kier alpha value is -2.86. The Morgan fingerprint density at radius 1 is 1.06 bits per heavy atom. The minimum absolute atomic E-state index is 0.0328. The summed E-state index contributed by atoms with van der Waals surface area (Å²) in [5.74, 6) is -0.196. The second-order valence-corrected chi connectivity index (χ2v) is 9.01. The van der Waals surface area contributed by atoms with Crippen LogP contribution in [0.3, 0.4) is 0 Å². The fraction of sp³-hybridized carbons (Fsp3) is 0.423. The fourth-order valence-corrected chi connectivity index (χ4v) is 4.92. The molecule has 1 atom stereocenters. The highest BCUT2D eigenvalue weighted by atomic mass is 35.5. The van der Waals surface area contributed by atoms with Gasteiger partial charge in [0.25, 0.3) is 5.91 Å². The van der Waals surface area contributed by atoms with Crippen molar-refractivity contribution in [1.29, 1.82) is 0 Å². The van der Waals surface area contributed by atoms with Gasteiger partial charge in [-0.25, -0.2) is 4.90 Å². The summed E-state index contributed by atoms with van der Waals surface area (Å²) in [6, 6.07) is 13.4. The molecule has 174 valence electrons. The summed E-state index contributed by atoms with van der Waals surface area (Å²) in [4.78, 5) is 42.8. The summed E-state index contributed by atoms with van der Waals surface area (Å²) >= 11 is 6.38. The number of halogens is 1. The van der Waals surface area contributed by atoms with E-state index in [1.165, 1.54) is 4.90 Å². The van der Waals surface area contributed by atoms with E-state index in [2.05, 4.69) is 0 Å². The summed E-state index contributed by atoms with van der Waals surface area (Å²) in [7, 11) is 0. The van der Waals surface area contributed by atoms with E-state index in [9.17, 15) is 14.4 Å². The maximum atomic E-state index is 13.6. The van der Waals surface area contributed by atoms with E-state index in [1.807, 2.05) is 25.1 Å². The molecular weight excluding hydrogens is 440 g/mol. The van der Waals surface area contributed by atoms with Crippen molar-refractivity contribution < 1.29 is 19.1 Å². The van der Waals surface area contributed by atoms with Gasteiger partial charge in [0.05, 0.1) is 18.7 Å². The lowest BCUT2D eigenvalue weighted by molar-refractivity contribution is -0.143. The highest BCUT2D eigenvalue weighted by Gasteiger charge is 2.45. The number of carbonyl (C=O) groups is 3. The van der Waals surface area contributed by atoms with E-state index in [1.54, 1.807) is 35.2 Å². The molecule has 0 N–H and O–H groups in total. The quantitative estimate of drug-likeness (QED) is 0.537. The van der Waals surface area contributed by atoms with Gasteiger partial charge in [-0.15, -0.1) is 0 Å². The third-order valence-electron chi connectivity index (χ3n) is 6.44. The van der Waals surface area contributed by atoms with Crippen LogP contribution >= 0.6 is 11.6 Å². The zero-order chi connectivity index (χ0) is 23.4. The van der Waals surface area contributed by atoms with Crippen LogP contribution in [0.4, 0.5) is 5.69 Å². The first kappa shape index (κ1) is 23.3. The van der Waals surface area contributed by atoms with Crippen molar-refractivity contribution in [3.8, 4) is 5.75 Å². The van der Waals surface area contributed by atoms with Gasteiger partial charge >= 0.3 is 0 Å². The number of carbonyl (C=O) groups excluding carboxylic acids is 3. The van der Waals surface area contributed by atoms with Crippen molar-refractivity contribution in [3.63, 3.8) is 0 Å². The number of hydrogen-bond donors (Lipinski definition) is 0. The molecule has 0 spiro atoms. The second-order valence-electron chi connectivity index (χ2n) is 8.61. The molecular formula is C26H29ClN2O4. The molecule has 1 aliphatic heterocycles. The molecule has 1 unspecified atom stereocenters. The van der Waals surface area contributed by atoms with E-state index >= 15 is 0 Å². The van der Waals surface area contributed by atoms with Gasteiger partial charge < -0.3 is 9.64 Å². The number of benzene rings is 2. The van der Waals surface area contributed by atoms with E-state index in [4.69, 9.17) is 16.3 Å². The maximum Gasteiger partial charge on any atom is 0.257 e. The van der Waals surface area contributed by atoms with E-state index in [0.29, 0.717) is 23.1 Å². The first-order chi connectivity index (χ1) is 16.0. The molecule has 0 bridgehead atoms. The predicted octanol–water partition coefficient (Wildman–Crippen LogP) is 4.98. The highest BCUT2D eigenvalue weighted by molar-refractivity contribution is 6.31. The van der Waals surface area contributed by atoms with Crippen molar-refractivity contribution in [1.82, 2.24) is 4.90 Å². The minimum Gasteiger partial charge on any atom is -0.494 e. The van der Waals surface area contributed by atoms with Crippen molar-refractivity contribution in [3.05, 3.63) is 59.1 Å². The summed E-state index contributed by atoms with van der Waals surface area (Å²) < 4.78 is 5.46. The van der Waals surface area contributed by atoms with Gasteiger partial charge in [-0.05, 0) is 55.7 Å². The molecule has 1 heterocycles. The summed E-state index contributed by atoms with van der Waals surface area (Å²) in [5.41, 5.74) is 1.25. The number of hydrogen-bond acceptors (Lipinski definition) is 4. The van der Waals surface area contributed by atoms with Crippen molar-refractivity contribution in [2.45, 2.75) is 58.0 Å². The number of amides is 3. The normalized spacial score (nSPS) is 19.1. The van der Waals surface area contributed by atoms with E-state index in [-0.39, 0.29) is 36.6 Å². The highest BCUT2D eigenvalue weighted by Crippen LogP contribution is 2.32. The SMILES string of the molecule is CCOc1ccc(N2C(=O)CC(N(Cc3ccccc3Cl)C(=O)C3CCCCC3)C2=O)cc1. The van der Waals surface area contributed by atoms with Crippen LogP contribution in [0.25, 0.3) is 0 Å². The van der Waals surface area contributed by atoms with Crippen LogP contribution in [-0.2, 0) is 20.9 Å². The molecule has 33 heavy (non-hydrogen) atoms. The second kappa shape index (κ2) is 10.4. The molecule has 2 aliphatic rings. The molecule has 1 aliphatic carbocycles. The number of rotatable bonds is 7. The lowest BCUT2D eigenvalue weighted by Crippen LogP contribution is -2.47. The topological polar surface area (TPSA) is 66.9 Å². The Bertz CT molecular complexity index is 1020. The minimum atomic E-state index is -0.838.